The van der Waals surface area contributed by atoms with Gasteiger partial charge in [0, 0.05) is 18.9 Å². The number of hydrogen-bond acceptors (Lipinski definition) is 7. The lowest BCUT2D eigenvalue weighted by atomic mass is 9.90. The molecule has 0 spiro atoms. The number of nitrogens with zero attached hydrogens (tertiary/aromatic N) is 4. The van der Waals surface area contributed by atoms with Gasteiger partial charge in [-0.2, -0.15) is 4.31 Å². The van der Waals surface area contributed by atoms with E-state index in [1.165, 1.54) is 53.7 Å². The maximum Gasteiger partial charge on any atom is 0.416 e. The number of pyridine rings is 2. The summed E-state index contributed by atoms with van der Waals surface area (Å²) in [5.41, 5.74) is 1.83. The van der Waals surface area contributed by atoms with E-state index in [0.29, 0.717) is 5.69 Å². The molecule has 4 rings (SSSR count). The van der Waals surface area contributed by atoms with Crippen molar-refractivity contribution in [2.24, 2.45) is 0 Å². The number of anilines is 1. The highest BCUT2D eigenvalue weighted by atomic mass is 32.2. The van der Waals surface area contributed by atoms with Crippen LogP contribution in [0.5, 0.6) is 0 Å². The molecule has 11 heteroatoms. The Morgan fingerprint density at radius 2 is 1.74 bits per heavy atom. The van der Waals surface area contributed by atoms with Gasteiger partial charge in [-0.15, -0.1) is 0 Å². The fourth-order valence-electron chi connectivity index (χ4n) is 4.97. The molecule has 2 heterocycles. The lowest BCUT2D eigenvalue weighted by Crippen LogP contribution is -2.40. The number of aliphatic carboxylic acids is 1. The third-order valence-electron chi connectivity index (χ3n) is 7.37. The molecule has 1 aliphatic carbocycles. The van der Waals surface area contributed by atoms with Crippen molar-refractivity contribution in [1.29, 1.82) is 0 Å². The number of carboxylic acids is 1. The van der Waals surface area contributed by atoms with Crippen molar-refractivity contribution in [1.82, 2.24) is 14.3 Å². The predicted molar refractivity (Wildman–Crippen MR) is 163 cm³/mol. The summed E-state index contributed by atoms with van der Waals surface area (Å²) >= 11 is 0. The maximum absolute atomic E-state index is 13.8. The van der Waals surface area contributed by atoms with Gasteiger partial charge in [-0.05, 0) is 80.8 Å². The highest BCUT2D eigenvalue weighted by Crippen LogP contribution is 2.52. The van der Waals surface area contributed by atoms with E-state index in [1.54, 1.807) is 39.0 Å². The summed E-state index contributed by atoms with van der Waals surface area (Å²) in [6.45, 7) is 6.52. The Bertz CT molecular complexity index is 1520. The third-order valence-corrected chi connectivity index (χ3v) is 9.15. The number of unbranched alkanes of at least 4 members (excludes halogenated alkanes) is 1. The quantitative estimate of drug-likeness (QED) is 0.253. The lowest BCUT2D eigenvalue weighted by Gasteiger charge is -2.26. The van der Waals surface area contributed by atoms with Gasteiger partial charge in [0.15, 0.2) is 0 Å². The number of carbonyl (C=O) groups excluding carboxylic acids is 1. The van der Waals surface area contributed by atoms with Gasteiger partial charge in [0.1, 0.15) is 22.9 Å². The van der Waals surface area contributed by atoms with Crippen LogP contribution in [-0.2, 0) is 38.1 Å². The van der Waals surface area contributed by atoms with Crippen molar-refractivity contribution in [3.63, 3.8) is 0 Å². The second-order valence-corrected chi connectivity index (χ2v) is 13.9. The highest BCUT2D eigenvalue weighted by molar-refractivity contribution is 7.89. The second-order valence-electron chi connectivity index (χ2n) is 12.0. The largest absolute Gasteiger partial charge is 0.480 e. The van der Waals surface area contributed by atoms with Crippen LogP contribution in [0.2, 0.25) is 0 Å². The van der Waals surface area contributed by atoms with Crippen LogP contribution in [0.4, 0.5) is 10.6 Å². The molecule has 230 valence electrons. The van der Waals surface area contributed by atoms with Crippen molar-refractivity contribution in [3.8, 4) is 0 Å². The second kappa shape index (κ2) is 13.2. The van der Waals surface area contributed by atoms with Crippen LogP contribution in [0, 0.1) is 0 Å². The van der Waals surface area contributed by atoms with E-state index in [-0.39, 0.29) is 29.2 Å². The molecular formula is C32H40N4O6S. The Morgan fingerprint density at radius 3 is 2.33 bits per heavy atom. The van der Waals surface area contributed by atoms with E-state index in [2.05, 4.69) is 29.0 Å². The summed E-state index contributed by atoms with van der Waals surface area (Å²) in [5, 5.41) is 9.45. The Hall–Kier alpha value is -3.83. The van der Waals surface area contributed by atoms with Crippen LogP contribution in [0.25, 0.3) is 0 Å². The number of aromatic nitrogens is 2. The first-order valence-corrected chi connectivity index (χ1v) is 15.9. The molecule has 1 fully saturated rings. The zero-order chi connectivity index (χ0) is 31.3. The molecule has 3 aromatic rings. The summed E-state index contributed by atoms with van der Waals surface area (Å²) in [5.74, 6) is -1.20. The summed E-state index contributed by atoms with van der Waals surface area (Å²) in [7, 11) is -4.00. The average Bonchev–Trinajstić information content (AvgIpc) is 3.75. The van der Waals surface area contributed by atoms with Crippen LogP contribution >= 0.6 is 0 Å². The standard InChI is InChI=1S/C32H40N4O6S/c1-5-6-16-32(17-18-32)25-14-12-24(13-15-25)21-35(43(40,41)27-10-8-19-33-20-27)22-26-9-7-11-28(34-26)36(23-29(37)38)30(39)42-31(2,3)4/h7-15,19-20H,5-6,16-18,21-23H2,1-4H3,(H,37,38). The van der Waals surface area contributed by atoms with Gasteiger partial charge in [0.25, 0.3) is 0 Å². The molecule has 0 saturated heterocycles. The third kappa shape index (κ3) is 8.39. The molecule has 1 aromatic carbocycles. The van der Waals surface area contributed by atoms with Gasteiger partial charge in [0.05, 0.1) is 12.2 Å². The minimum Gasteiger partial charge on any atom is -0.480 e. The average molecular weight is 609 g/mol. The normalized spacial score (nSPS) is 14.3. The minimum atomic E-state index is -4.00. The van der Waals surface area contributed by atoms with Gasteiger partial charge in [-0.1, -0.05) is 50.1 Å². The molecule has 1 aliphatic rings. The van der Waals surface area contributed by atoms with Gasteiger partial charge >= 0.3 is 12.1 Å². The fourth-order valence-corrected chi connectivity index (χ4v) is 6.33. The van der Waals surface area contributed by atoms with E-state index < -0.39 is 34.2 Å². The molecule has 43 heavy (non-hydrogen) atoms. The van der Waals surface area contributed by atoms with Crippen molar-refractivity contribution in [3.05, 3.63) is 83.8 Å². The number of benzene rings is 1. The van der Waals surface area contributed by atoms with Crippen molar-refractivity contribution in [2.45, 2.75) is 88.8 Å². The van der Waals surface area contributed by atoms with Gasteiger partial charge in [-0.25, -0.2) is 18.2 Å². The van der Waals surface area contributed by atoms with Crippen LogP contribution in [0.1, 0.15) is 76.6 Å². The number of hydrogen-bond donors (Lipinski definition) is 1. The molecule has 1 N–H and O–H groups in total. The molecular weight excluding hydrogens is 568 g/mol. The van der Waals surface area contributed by atoms with E-state index in [1.807, 2.05) is 12.1 Å². The zero-order valence-corrected chi connectivity index (χ0v) is 26.0. The number of amides is 1. The van der Waals surface area contributed by atoms with Crippen LogP contribution in [0.3, 0.4) is 0 Å². The highest BCUT2D eigenvalue weighted by Gasteiger charge is 2.43. The number of sulfonamides is 1. The van der Waals surface area contributed by atoms with Crippen LogP contribution in [-0.4, -0.2) is 52.0 Å². The monoisotopic (exact) mass is 608 g/mol. The van der Waals surface area contributed by atoms with E-state index in [4.69, 9.17) is 4.74 Å². The van der Waals surface area contributed by atoms with Crippen molar-refractivity contribution < 1.29 is 27.9 Å². The molecule has 0 unspecified atom stereocenters. The first kappa shape index (κ1) is 32.1. The van der Waals surface area contributed by atoms with Crippen molar-refractivity contribution >= 4 is 27.9 Å². The summed E-state index contributed by atoms with van der Waals surface area (Å²) in [6, 6.07) is 16.0. The number of rotatable bonds is 13. The number of ether oxygens (including phenoxy) is 1. The van der Waals surface area contributed by atoms with Crippen LogP contribution in [0.15, 0.2) is 71.9 Å². The van der Waals surface area contributed by atoms with Gasteiger partial charge in [0.2, 0.25) is 10.0 Å². The smallest absolute Gasteiger partial charge is 0.416 e. The molecule has 10 nitrogen and oxygen atoms in total. The first-order chi connectivity index (χ1) is 20.3. The lowest BCUT2D eigenvalue weighted by molar-refractivity contribution is -0.135. The SMILES string of the molecule is CCCCC1(c2ccc(CN(Cc3cccc(N(CC(=O)O)C(=O)OC(C)(C)C)n3)S(=O)(=O)c3cccnc3)cc2)CC1. The maximum atomic E-state index is 13.8. The Kier molecular flexibility index (Phi) is 9.86. The molecule has 2 aromatic heterocycles. The number of carbonyl (C=O) groups is 2. The van der Waals surface area contributed by atoms with Gasteiger partial charge in [-0.3, -0.25) is 14.7 Å². The Morgan fingerprint density at radius 1 is 1.02 bits per heavy atom. The molecule has 1 amide bonds. The zero-order valence-electron chi connectivity index (χ0n) is 25.2. The van der Waals surface area contributed by atoms with Crippen molar-refractivity contribution in [2.75, 3.05) is 11.4 Å². The summed E-state index contributed by atoms with van der Waals surface area (Å²) in [6.07, 6.45) is 7.80. The molecule has 0 radical (unpaired) electrons. The fraction of sp³-hybridized carbons (Fsp3) is 0.438. The Balaban J connectivity index is 1.63. The van der Waals surface area contributed by atoms with Gasteiger partial charge < -0.3 is 9.84 Å². The molecule has 0 bridgehead atoms. The van der Waals surface area contributed by atoms with E-state index in [9.17, 15) is 23.1 Å². The molecule has 1 saturated carbocycles. The van der Waals surface area contributed by atoms with Crippen LogP contribution < -0.4 is 4.90 Å². The topological polar surface area (TPSA) is 130 Å². The summed E-state index contributed by atoms with van der Waals surface area (Å²) in [4.78, 5) is 33.9. The molecule has 0 aliphatic heterocycles. The predicted octanol–water partition coefficient (Wildman–Crippen LogP) is 5.92. The molecule has 0 atom stereocenters. The first-order valence-electron chi connectivity index (χ1n) is 14.5. The Labute approximate surface area is 253 Å². The number of carboxylic acid groups (broad SMARTS) is 1. The van der Waals surface area contributed by atoms with E-state index in [0.717, 1.165) is 23.3 Å². The summed E-state index contributed by atoms with van der Waals surface area (Å²) < 4.78 is 34.3. The van der Waals surface area contributed by atoms with E-state index >= 15 is 0 Å². The minimum absolute atomic E-state index is 0.0408.